The Morgan fingerprint density at radius 1 is 1.24 bits per heavy atom. The maximum Gasteiger partial charge on any atom is 0.336 e. The minimum absolute atomic E-state index is 0.321. The first-order valence-corrected chi connectivity index (χ1v) is 7.39. The second-order valence-electron chi connectivity index (χ2n) is 4.80. The smallest absolute Gasteiger partial charge is 0.336 e. The van der Waals surface area contributed by atoms with Gasteiger partial charge in [0.1, 0.15) is 0 Å². The summed E-state index contributed by atoms with van der Waals surface area (Å²) in [6.45, 7) is 3.95. The van der Waals surface area contributed by atoms with E-state index in [1.165, 1.54) is 11.3 Å². The first-order valence-electron chi connectivity index (χ1n) is 6.52. The molecule has 0 amide bonds. The lowest BCUT2D eigenvalue weighted by molar-refractivity contribution is 0.0697. The number of benzene rings is 1. The molecule has 5 heteroatoms. The number of nitrogens with zero attached hydrogens (tertiary/aromatic N) is 2. The summed E-state index contributed by atoms with van der Waals surface area (Å²) in [5.41, 5.74) is 4.24. The molecule has 0 aliphatic heterocycles. The second-order valence-corrected chi connectivity index (χ2v) is 5.71. The highest BCUT2D eigenvalue weighted by Crippen LogP contribution is 2.33. The zero-order chi connectivity index (χ0) is 15.0. The normalized spacial score (nSPS) is 10.8. The molecule has 21 heavy (non-hydrogen) atoms. The Labute approximate surface area is 126 Å². The molecule has 0 bridgehead atoms. The fraction of sp³-hybridized carbons (Fsp3) is 0.125. The maximum atomic E-state index is 11.0. The van der Waals surface area contributed by atoms with Gasteiger partial charge in [-0.1, -0.05) is 18.2 Å². The van der Waals surface area contributed by atoms with Gasteiger partial charge >= 0.3 is 5.97 Å². The molecule has 1 N–H and O–H groups in total. The van der Waals surface area contributed by atoms with Crippen LogP contribution < -0.4 is 0 Å². The van der Waals surface area contributed by atoms with E-state index in [0.717, 1.165) is 27.5 Å². The van der Waals surface area contributed by atoms with Crippen molar-refractivity contribution in [1.29, 1.82) is 0 Å². The molecule has 2 heterocycles. The molecule has 0 aliphatic carbocycles. The van der Waals surface area contributed by atoms with E-state index in [4.69, 9.17) is 5.11 Å². The summed E-state index contributed by atoms with van der Waals surface area (Å²) >= 11 is 1.43. The lowest BCUT2D eigenvalue weighted by Crippen LogP contribution is -1.98. The maximum absolute atomic E-state index is 11.0. The third-order valence-corrected chi connectivity index (χ3v) is 4.33. The van der Waals surface area contributed by atoms with Gasteiger partial charge in [-0.15, -0.1) is 11.3 Å². The number of hydrogen-bond donors (Lipinski definition) is 1. The Bertz CT molecular complexity index is 803. The van der Waals surface area contributed by atoms with E-state index in [-0.39, 0.29) is 0 Å². The molecule has 0 atom stereocenters. The van der Waals surface area contributed by atoms with Crippen molar-refractivity contribution in [2.24, 2.45) is 0 Å². The first kappa shape index (κ1) is 13.6. The third-order valence-electron chi connectivity index (χ3n) is 3.38. The van der Waals surface area contributed by atoms with Gasteiger partial charge in [0.05, 0.1) is 22.6 Å². The van der Waals surface area contributed by atoms with Crippen molar-refractivity contribution in [2.75, 3.05) is 0 Å². The highest BCUT2D eigenvalue weighted by molar-refractivity contribution is 7.13. The largest absolute Gasteiger partial charge is 0.478 e. The van der Waals surface area contributed by atoms with Gasteiger partial charge in [0.2, 0.25) is 0 Å². The van der Waals surface area contributed by atoms with Crippen molar-refractivity contribution in [2.45, 2.75) is 13.8 Å². The molecule has 1 aromatic carbocycles. The van der Waals surface area contributed by atoms with Crippen LogP contribution in [0.15, 0.2) is 41.8 Å². The van der Waals surface area contributed by atoms with Gasteiger partial charge < -0.3 is 5.11 Å². The molecule has 0 aliphatic rings. The summed E-state index contributed by atoms with van der Waals surface area (Å²) in [5, 5.41) is 15.3. The summed E-state index contributed by atoms with van der Waals surface area (Å²) in [6, 6.07) is 11.6. The van der Waals surface area contributed by atoms with Gasteiger partial charge in [0.15, 0.2) is 0 Å². The van der Waals surface area contributed by atoms with Gasteiger partial charge in [-0.3, -0.25) is 0 Å². The molecule has 0 spiro atoms. The Morgan fingerprint density at radius 3 is 2.57 bits per heavy atom. The number of carboxylic acid groups (broad SMARTS) is 1. The number of aromatic nitrogens is 2. The number of rotatable bonds is 3. The fourth-order valence-electron chi connectivity index (χ4n) is 2.40. The highest BCUT2D eigenvalue weighted by Gasteiger charge is 2.17. The van der Waals surface area contributed by atoms with Crippen LogP contribution in [0.3, 0.4) is 0 Å². The van der Waals surface area contributed by atoms with Crippen LogP contribution in [0.4, 0.5) is 0 Å². The number of aryl methyl sites for hydroxylation is 1. The second kappa shape index (κ2) is 5.18. The van der Waals surface area contributed by atoms with Crippen molar-refractivity contribution in [1.82, 2.24) is 9.78 Å². The van der Waals surface area contributed by atoms with Gasteiger partial charge in [0, 0.05) is 15.8 Å². The molecule has 0 saturated carbocycles. The van der Waals surface area contributed by atoms with Gasteiger partial charge in [-0.05, 0) is 32.0 Å². The summed E-state index contributed by atoms with van der Waals surface area (Å²) in [4.78, 5) is 12.0. The van der Waals surface area contributed by atoms with Crippen LogP contribution in [0.1, 0.15) is 21.7 Å². The van der Waals surface area contributed by atoms with E-state index in [1.54, 1.807) is 11.4 Å². The summed E-state index contributed by atoms with van der Waals surface area (Å²) in [7, 11) is 0. The summed E-state index contributed by atoms with van der Waals surface area (Å²) in [6.07, 6.45) is 0. The van der Waals surface area contributed by atoms with Crippen LogP contribution in [0, 0.1) is 13.8 Å². The highest BCUT2D eigenvalue weighted by atomic mass is 32.1. The standard InChI is InChI=1S/C16H14N2O2S/c1-10-15(14-8-12(9-21-14)16(19)20)11(2)18(17-10)13-6-4-3-5-7-13/h3-9H,1-2H3,(H,19,20). The van der Waals surface area contributed by atoms with Crippen LogP contribution in [0.25, 0.3) is 16.1 Å². The van der Waals surface area contributed by atoms with Gasteiger partial charge in [-0.25, -0.2) is 9.48 Å². The molecular formula is C16H14N2O2S. The van der Waals surface area contributed by atoms with Crippen LogP contribution >= 0.6 is 11.3 Å². The lowest BCUT2D eigenvalue weighted by atomic mass is 10.1. The minimum atomic E-state index is -0.900. The fourth-order valence-corrected chi connectivity index (χ4v) is 3.43. The van der Waals surface area contributed by atoms with Crippen molar-refractivity contribution >= 4 is 17.3 Å². The van der Waals surface area contributed by atoms with E-state index < -0.39 is 5.97 Å². The van der Waals surface area contributed by atoms with Crippen LogP contribution in [-0.2, 0) is 0 Å². The number of aromatic carboxylic acids is 1. The molecular weight excluding hydrogens is 284 g/mol. The Hall–Kier alpha value is -2.40. The number of carboxylic acids is 1. The lowest BCUT2D eigenvalue weighted by Gasteiger charge is -2.04. The first-order chi connectivity index (χ1) is 10.1. The predicted molar refractivity (Wildman–Crippen MR) is 83.3 cm³/mol. The average Bonchev–Trinajstić information content (AvgIpc) is 3.05. The van der Waals surface area contributed by atoms with Gasteiger partial charge in [-0.2, -0.15) is 5.10 Å². The van der Waals surface area contributed by atoms with E-state index >= 15 is 0 Å². The molecule has 0 saturated heterocycles. The number of hydrogen-bond acceptors (Lipinski definition) is 3. The van der Waals surface area contributed by atoms with Crippen LogP contribution in [-0.4, -0.2) is 20.9 Å². The van der Waals surface area contributed by atoms with Crippen LogP contribution in [0.5, 0.6) is 0 Å². The molecule has 0 fully saturated rings. The van der Waals surface area contributed by atoms with Crippen molar-refractivity contribution in [3.05, 3.63) is 58.7 Å². The van der Waals surface area contributed by atoms with Crippen LogP contribution in [0.2, 0.25) is 0 Å². The zero-order valence-electron chi connectivity index (χ0n) is 11.7. The topological polar surface area (TPSA) is 55.1 Å². The van der Waals surface area contributed by atoms with Crippen molar-refractivity contribution in [3.63, 3.8) is 0 Å². The SMILES string of the molecule is Cc1nn(-c2ccccc2)c(C)c1-c1cc(C(=O)O)cs1. The van der Waals surface area contributed by atoms with E-state index in [9.17, 15) is 4.79 Å². The molecule has 3 aromatic rings. The van der Waals surface area contributed by atoms with E-state index in [2.05, 4.69) is 5.10 Å². The number of para-hydroxylation sites is 1. The predicted octanol–water partition coefficient (Wildman–Crippen LogP) is 3.92. The monoisotopic (exact) mass is 298 g/mol. The molecule has 2 aromatic heterocycles. The molecule has 3 rings (SSSR count). The third kappa shape index (κ3) is 2.36. The van der Waals surface area contributed by atoms with Crippen molar-refractivity contribution < 1.29 is 9.90 Å². The number of carbonyl (C=O) groups is 1. The van der Waals surface area contributed by atoms with Gasteiger partial charge in [0.25, 0.3) is 0 Å². The Morgan fingerprint density at radius 2 is 1.95 bits per heavy atom. The number of thiophene rings is 1. The molecule has 4 nitrogen and oxygen atoms in total. The van der Waals surface area contributed by atoms with Crippen molar-refractivity contribution in [3.8, 4) is 16.1 Å². The Balaban J connectivity index is 2.12. The zero-order valence-corrected chi connectivity index (χ0v) is 12.5. The average molecular weight is 298 g/mol. The van der Waals surface area contributed by atoms with E-state index in [1.807, 2.05) is 48.9 Å². The minimum Gasteiger partial charge on any atom is -0.478 e. The molecule has 106 valence electrons. The Kier molecular flexibility index (Phi) is 3.35. The van der Waals surface area contributed by atoms with E-state index in [0.29, 0.717) is 5.56 Å². The summed E-state index contributed by atoms with van der Waals surface area (Å²) < 4.78 is 1.89. The summed E-state index contributed by atoms with van der Waals surface area (Å²) in [5.74, 6) is -0.900. The molecule has 0 radical (unpaired) electrons. The quantitative estimate of drug-likeness (QED) is 0.797. The molecule has 0 unspecified atom stereocenters.